The van der Waals surface area contributed by atoms with Crippen molar-refractivity contribution < 1.29 is 43.2 Å². The molecule has 0 saturated heterocycles. The van der Waals surface area contributed by atoms with Crippen LogP contribution in [0.25, 0.3) is 4.13 Å². The molecule has 0 rings (SSSR count). The Morgan fingerprint density at radius 2 is 0.238 bits per heavy atom. The standard InChI is InChI=1S/C108H222NP2.C2F6NO4S2/c1-7-13-19-25-31-37-43-49-55-61-67-73-79-85-91-97-103-110(104-98-92-86-80-74-68-62-56-50-44-38-32-26-20-14-8-2,105-99-93-87-81-75-69-63-57-51-45-39-33-27-21-15-9-3)109-111(106-100-94-88-82-76-70-64-58-52-46-40-34-28-22-16-10-4,107-101-95-89-83-77-71-65-59-53-47-41-35-29-23-17-11-5)108-102-96-90-84-78-72-66-60-54-48-42-36-30-24-18-12-6;3-1(4,5)14(10,11)9-15(12,13)2(6,7)8/h7-108H2,1-6H3;/q+1;-1. The molecule has 0 aromatic carbocycles. The topological polar surface area (TPSA) is 96.5 Å². The van der Waals surface area contributed by atoms with Gasteiger partial charge in [0.2, 0.25) is 14.1 Å². The molecule has 0 aromatic heterocycles. The third-order valence-corrected chi connectivity index (χ3v) is 40.4. The Hall–Kier alpha value is 0.0100. The maximum Gasteiger partial charge on any atom is 0.480 e. The summed E-state index contributed by atoms with van der Waals surface area (Å²) in [6.07, 6.45) is 151. The summed E-state index contributed by atoms with van der Waals surface area (Å²) in [4.78, 5) is 0. The van der Waals surface area contributed by atoms with Gasteiger partial charge in [0.05, 0.1) is 0 Å². The SMILES string of the molecule is CCCCCCCCCCCCCCCCCCP(CCCCCCCCCCCCCCCCCC)(CCCCCCCCCCCCCCCCCC)=[N+]=P(CCCCCCCCCCCCCCCCCC)(CCCCCCCCCCCCCCCCCC)CCCCCCCCCCCCCCCCCC.O=S(=O)([N-]S(=O)(=O)C(F)(F)F)C(F)(F)F. The van der Waals surface area contributed by atoms with Crippen molar-refractivity contribution in [1.82, 2.24) is 4.17 Å². The van der Waals surface area contributed by atoms with E-state index in [1.807, 2.05) is 0 Å². The van der Waals surface area contributed by atoms with E-state index in [0.717, 1.165) is 4.13 Å². The highest BCUT2D eigenvalue weighted by atomic mass is 32.3. The summed E-state index contributed by atoms with van der Waals surface area (Å²) in [7, 11) is -16.4. The van der Waals surface area contributed by atoms with Gasteiger partial charge in [-0.2, -0.15) is 30.5 Å². The lowest BCUT2D eigenvalue weighted by atomic mass is 10.0. The van der Waals surface area contributed by atoms with Crippen LogP contribution in [-0.2, 0) is 20.0 Å². The number of nitrogens with zero attached hydrogens (tertiary/aromatic N) is 2. The molecule has 0 heterocycles. The highest BCUT2D eigenvalue weighted by molar-refractivity contribution is 8.13. The fourth-order valence-corrected chi connectivity index (χ4v) is 32.6. The summed E-state index contributed by atoms with van der Waals surface area (Å²) in [5.74, 6) is 0. The predicted octanol–water partition coefficient (Wildman–Crippen LogP) is 43.1. The number of sulfonamides is 2. The van der Waals surface area contributed by atoms with E-state index in [2.05, 4.69) is 41.5 Å². The zero-order valence-corrected chi connectivity index (χ0v) is 89.1. The highest BCUT2D eigenvalue weighted by Gasteiger charge is 2.47. The lowest BCUT2D eigenvalue weighted by molar-refractivity contribution is -0.0444. The second kappa shape index (κ2) is 98.1. The zero-order valence-electron chi connectivity index (χ0n) is 85.6. The second-order valence-electron chi connectivity index (χ2n) is 40.4. The molecule has 760 valence electrons. The smallest absolute Gasteiger partial charge is 0.421 e. The minimum atomic E-state index is -6.72. The first kappa shape index (κ1) is 128. The van der Waals surface area contributed by atoms with Gasteiger partial charge in [-0.25, -0.2) is 16.8 Å². The lowest BCUT2D eigenvalue weighted by Gasteiger charge is -2.22. The minimum absolute atomic E-state index is 0.778. The molecule has 0 aromatic rings. The van der Waals surface area contributed by atoms with E-state index in [1.54, 1.807) is 37.0 Å². The van der Waals surface area contributed by atoms with Crippen molar-refractivity contribution in [1.29, 1.82) is 0 Å². The second-order valence-corrected chi connectivity index (χ2v) is 51.6. The van der Waals surface area contributed by atoms with Crippen molar-refractivity contribution in [2.45, 2.75) is 669 Å². The van der Waals surface area contributed by atoms with Crippen LogP contribution in [0.3, 0.4) is 0 Å². The van der Waals surface area contributed by atoms with Crippen LogP contribution < -0.4 is 4.17 Å². The van der Waals surface area contributed by atoms with Crippen molar-refractivity contribution in [3.63, 3.8) is 0 Å². The summed E-state index contributed by atoms with van der Waals surface area (Å²) in [6.45, 7) is 14.1. The Balaban J connectivity index is 0. The van der Waals surface area contributed by atoms with E-state index in [1.165, 1.54) is 616 Å². The summed E-state index contributed by atoms with van der Waals surface area (Å²) in [5, 5.41) is 0. The molecule has 0 radical (unpaired) electrons. The van der Waals surface area contributed by atoms with E-state index in [9.17, 15) is 43.2 Å². The third kappa shape index (κ3) is 90.5. The summed E-state index contributed by atoms with van der Waals surface area (Å²) >= 11 is 0. The van der Waals surface area contributed by atoms with E-state index in [-0.39, 0.29) is 0 Å². The predicted molar refractivity (Wildman–Crippen MR) is 556 cm³/mol. The quantitative estimate of drug-likeness (QED) is 0.0262. The van der Waals surface area contributed by atoms with Gasteiger partial charge < -0.3 is 4.13 Å². The lowest BCUT2D eigenvalue weighted by Crippen LogP contribution is -2.30. The van der Waals surface area contributed by atoms with Gasteiger partial charge in [-0.05, 0) is 38.5 Å². The van der Waals surface area contributed by atoms with E-state index < -0.39 is 45.2 Å². The van der Waals surface area contributed by atoms with Crippen molar-refractivity contribution in [2.75, 3.05) is 37.0 Å². The highest BCUT2D eigenvalue weighted by Crippen LogP contribution is 2.57. The number of unbranched alkanes of at least 4 members (excludes halogenated alkanes) is 90. The first-order chi connectivity index (χ1) is 61.3. The first-order valence-electron chi connectivity index (χ1n) is 57.1. The number of alkyl halides is 6. The molecular weight excluding hydrogens is 1650 g/mol. The number of hydrogen-bond donors (Lipinski definition) is 0. The van der Waals surface area contributed by atoms with Crippen LogP contribution in [-0.4, -0.2) is 64.8 Å². The van der Waals surface area contributed by atoms with Gasteiger partial charge in [0.25, 0.3) is 0 Å². The van der Waals surface area contributed by atoms with Crippen molar-refractivity contribution in [3.05, 3.63) is 4.13 Å². The van der Waals surface area contributed by atoms with E-state index >= 15 is 0 Å². The maximum atomic E-state index is 11.4. The Bertz CT molecular complexity index is 2160. The number of rotatable bonds is 104. The van der Waals surface area contributed by atoms with Crippen LogP contribution >= 0.6 is 14.1 Å². The molecule has 16 heteroatoms. The summed E-state index contributed by atoms with van der Waals surface area (Å²) < 4.78 is 116. The molecule has 0 N–H and O–H groups in total. The van der Waals surface area contributed by atoms with Gasteiger partial charge in [0.1, 0.15) is 0 Å². The number of hydrogen-bond acceptors (Lipinski definition) is 4. The number of halogens is 6. The average Bonchev–Trinajstić information content (AvgIpc) is 0.799. The van der Waals surface area contributed by atoms with Gasteiger partial charge in [-0.1, -0.05) is 619 Å². The molecule has 0 fully saturated rings. The largest absolute Gasteiger partial charge is 0.480 e. The summed E-state index contributed by atoms with van der Waals surface area (Å²) in [5.41, 5.74) is -12.4. The van der Waals surface area contributed by atoms with Crippen LogP contribution in [0.4, 0.5) is 26.3 Å². The average molecular weight is 1880 g/mol. The van der Waals surface area contributed by atoms with Crippen molar-refractivity contribution in [3.8, 4) is 0 Å². The fraction of sp³-hybridized carbons (Fsp3) is 1.00. The molecule has 0 atom stereocenters. The Labute approximate surface area is 786 Å². The zero-order chi connectivity index (χ0) is 92.5. The Morgan fingerprint density at radius 1 is 0.159 bits per heavy atom. The fourth-order valence-electron chi connectivity index (χ4n) is 19.3. The van der Waals surface area contributed by atoms with Crippen LogP contribution in [0, 0.1) is 0 Å². The van der Waals surface area contributed by atoms with Gasteiger partial charge >= 0.3 is 11.0 Å². The third-order valence-electron chi connectivity index (χ3n) is 27.7. The van der Waals surface area contributed by atoms with Gasteiger partial charge in [0, 0.05) is 37.0 Å². The molecule has 0 aliphatic rings. The maximum absolute atomic E-state index is 11.4. The van der Waals surface area contributed by atoms with Crippen molar-refractivity contribution >= 4 is 34.2 Å². The molecule has 0 aliphatic heterocycles. The van der Waals surface area contributed by atoms with Gasteiger partial charge in [-0.3, -0.25) is 0 Å². The van der Waals surface area contributed by atoms with Crippen LogP contribution in [0.15, 0.2) is 0 Å². The first-order valence-corrected chi connectivity index (χ1v) is 64.6. The van der Waals surface area contributed by atoms with E-state index in [0.29, 0.717) is 0 Å². The Morgan fingerprint density at radius 3 is 0.317 bits per heavy atom. The minimum Gasteiger partial charge on any atom is -0.421 e. The van der Waals surface area contributed by atoms with Gasteiger partial charge in [0.15, 0.2) is 20.0 Å². The van der Waals surface area contributed by atoms with Crippen LogP contribution in [0.5, 0.6) is 0 Å². The molecule has 0 spiro atoms. The molecule has 126 heavy (non-hydrogen) atoms. The molecule has 0 unspecified atom stereocenters. The van der Waals surface area contributed by atoms with Crippen LogP contribution in [0.2, 0.25) is 0 Å². The van der Waals surface area contributed by atoms with E-state index in [4.69, 9.17) is 4.17 Å². The monoisotopic (exact) mass is 1880 g/mol. The normalized spacial score (nSPS) is 12.5. The molecule has 0 saturated carbocycles. The molecule has 0 amide bonds. The van der Waals surface area contributed by atoms with Crippen molar-refractivity contribution in [2.24, 2.45) is 0 Å². The molecule has 0 aliphatic carbocycles. The van der Waals surface area contributed by atoms with Gasteiger partial charge in [-0.15, -0.1) is 0 Å². The molecule has 6 nitrogen and oxygen atoms in total. The molecule has 0 bridgehead atoms. The Kier molecular flexibility index (Phi) is 99.7. The summed E-state index contributed by atoms with van der Waals surface area (Å²) in [6, 6.07) is 0. The molecular formula is C110H222F6N2O4P2S2. The van der Waals surface area contributed by atoms with Crippen LogP contribution in [0.1, 0.15) is 658 Å².